The van der Waals surface area contributed by atoms with Crippen molar-refractivity contribution >= 4 is 39.4 Å². The van der Waals surface area contributed by atoms with Crippen LogP contribution in [0, 0.1) is 0 Å². The third kappa shape index (κ3) is 3.54. The Morgan fingerprint density at radius 3 is 2.71 bits per heavy atom. The smallest absolute Gasteiger partial charge is 0.358 e. The zero-order chi connectivity index (χ0) is 15.4. The number of aromatic carboxylic acids is 1. The Morgan fingerprint density at radius 2 is 2.10 bits per heavy atom. The van der Waals surface area contributed by atoms with Crippen LogP contribution < -0.4 is 5.32 Å². The molecule has 0 radical (unpaired) electrons. The van der Waals surface area contributed by atoms with Crippen LogP contribution in [0.4, 0.5) is 11.5 Å². The topological polar surface area (TPSA) is 101 Å². The number of methoxy groups -OCH3 is 1. The van der Waals surface area contributed by atoms with E-state index in [4.69, 9.17) is 5.11 Å². The first-order chi connectivity index (χ1) is 10.0. The molecular weight excluding hydrogens is 342 g/mol. The van der Waals surface area contributed by atoms with Gasteiger partial charge in [-0.2, -0.15) is 0 Å². The second-order valence-corrected chi connectivity index (χ2v) is 4.76. The molecule has 0 bridgehead atoms. The molecule has 21 heavy (non-hydrogen) atoms. The first-order valence-corrected chi connectivity index (χ1v) is 6.51. The summed E-state index contributed by atoms with van der Waals surface area (Å²) in [6, 6.07) is 4.50. The molecule has 1 aromatic heterocycles. The number of nitrogens with one attached hydrogen (secondary N) is 1. The van der Waals surface area contributed by atoms with Crippen LogP contribution >= 0.6 is 15.9 Å². The molecule has 0 aliphatic heterocycles. The Bertz CT molecular complexity index is 706. The van der Waals surface area contributed by atoms with Gasteiger partial charge >= 0.3 is 11.9 Å². The average molecular weight is 352 g/mol. The number of nitrogens with zero attached hydrogens (tertiary/aromatic N) is 2. The molecule has 8 heteroatoms. The van der Waals surface area contributed by atoms with Gasteiger partial charge in [0.1, 0.15) is 5.82 Å². The fraction of sp³-hybridized carbons (Fsp3) is 0.0769. The minimum atomic E-state index is -1.02. The lowest BCUT2D eigenvalue weighted by Crippen LogP contribution is -2.07. The highest BCUT2D eigenvalue weighted by Crippen LogP contribution is 2.26. The summed E-state index contributed by atoms with van der Waals surface area (Å²) in [6.07, 6.45) is 2.73. The number of hydrogen-bond acceptors (Lipinski definition) is 6. The Labute approximate surface area is 128 Å². The molecule has 7 nitrogen and oxygen atoms in total. The quantitative estimate of drug-likeness (QED) is 0.815. The van der Waals surface area contributed by atoms with Crippen LogP contribution in [0.15, 0.2) is 35.1 Å². The van der Waals surface area contributed by atoms with Crippen molar-refractivity contribution in [2.24, 2.45) is 0 Å². The second kappa shape index (κ2) is 6.31. The van der Waals surface area contributed by atoms with E-state index in [1.807, 2.05) is 0 Å². The molecule has 0 spiro atoms. The van der Waals surface area contributed by atoms with Crippen molar-refractivity contribution in [2.45, 2.75) is 0 Å². The fourth-order valence-electron chi connectivity index (χ4n) is 1.52. The number of anilines is 2. The first-order valence-electron chi connectivity index (χ1n) is 5.71. The summed E-state index contributed by atoms with van der Waals surface area (Å²) in [4.78, 5) is 30.2. The van der Waals surface area contributed by atoms with Gasteiger partial charge in [0.15, 0.2) is 5.69 Å². The standard InChI is InChI=1S/C13H10BrN3O4/c1-21-13(20)10-5-15-6-11(17-10)16-9-3-2-7(12(18)19)4-8(9)14/h2-6H,1H3,(H,16,17)(H,18,19). The number of benzene rings is 1. The molecule has 0 aliphatic rings. The predicted octanol–water partition coefficient (Wildman–Crippen LogP) is 2.47. The highest BCUT2D eigenvalue weighted by Gasteiger charge is 2.10. The van der Waals surface area contributed by atoms with Crippen LogP contribution in [0.5, 0.6) is 0 Å². The molecule has 2 N–H and O–H groups in total. The van der Waals surface area contributed by atoms with Gasteiger partial charge in [0, 0.05) is 4.47 Å². The largest absolute Gasteiger partial charge is 0.478 e. The zero-order valence-corrected chi connectivity index (χ0v) is 12.4. The molecule has 0 fully saturated rings. The van der Waals surface area contributed by atoms with Crippen molar-refractivity contribution < 1.29 is 19.4 Å². The number of carbonyl (C=O) groups excluding carboxylic acids is 1. The molecule has 2 rings (SSSR count). The van der Waals surface area contributed by atoms with E-state index in [0.717, 1.165) is 0 Å². The highest BCUT2D eigenvalue weighted by atomic mass is 79.9. The number of carboxylic acids is 1. The number of ether oxygens (including phenoxy) is 1. The van der Waals surface area contributed by atoms with Crippen LogP contribution in [0.3, 0.4) is 0 Å². The van der Waals surface area contributed by atoms with Crippen molar-refractivity contribution in [1.82, 2.24) is 9.97 Å². The molecule has 108 valence electrons. The number of esters is 1. The summed E-state index contributed by atoms with van der Waals surface area (Å²) in [5.41, 5.74) is 0.818. The molecule has 0 atom stereocenters. The Kier molecular flexibility index (Phi) is 4.49. The van der Waals surface area contributed by atoms with Crippen LogP contribution in [0.2, 0.25) is 0 Å². The molecule has 0 saturated carbocycles. The van der Waals surface area contributed by atoms with Crippen LogP contribution in [-0.4, -0.2) is 34.1 Å². The summed E-state index contributed by atoms with van der Waals surface area (Å²) in [5, 5.41) is 11.8. The second-order valence-electron chi connectivity index (χ2n) is 3.91. The van der Waals surface area contributed by atoms with E-state index in [1.54, 1.807) is 6.07 Å². The van der Waals surface area contributed by atoms with Crippen molar-refractivity contribution in [1.29, 1.82) is 0 Å². The van der Waals surface area contributed by atoms with E-state index in [-0.39, 0.29) is 11.3 Å². The van der Waals surface area contributed by atoms with Gasteiger partial charge in [-0.15, -0.1) is 0 Å². The predicted molar refractivity (Wildman–Crippen MR) is 77.8 cm³/mol. The van der Waals surface area contributed by atoms with Gasteiger partial charge in [-0.3, -0.25) is 4.98 Å². The van der Waals surface area contributed by atoms with Crippen molar-refractivity contribution in [3.8, 4) is 0 Å². The summed E-state index contributed by atoms with van der Waals surface area (Å²) in [6.45, 7) is 0. The third-order valence-electron chi connectivity index (χ3n) is 2.51. The summed E-state index contributed by atoms with van der Waals surface area (Å²) in [7, 11) is 1.26. The number of aromatic nitrogens is 2. The average Bonchev–Trinajstić information content (AvgIpc) is 2.48. The molecule has 0 aliphatic carbocycles. The van der Waals surface area contributed by atoms with Gasteiger partial charge in [0.25, 0.3) is 0 Å². The van der Waals surface area contributed by atoms with E-state index in [1.165, 1.54) is 31.6 Å². The van der Waals surface area contributed by atoms with Crippen LogP contribution in [0.25, 0.3) is 0 Å². The number of carboxylic acid groups (broad SMARTS) is 1. The summed E-state index contributed by atoms with van der Waals surface area (Å²) in [5.74, 6) is -1.28. The lowest BCUT2D eigenvalue weighted by molar-refractivity contribution is 0.0592. The maximum Gasteiger partial charge on any atom is 0.358 e. The lowest BCUT2D eigenvalue weighted by atomic mass is 10.2. The van der Waals surface area contributed by atoms with Gasteiger partial charge in [-0.05, 0) is 34.1 Å². The van der Waals surface area contributed by atoms with E-state index in [2.05, 4.69) is 36.0 Å². The molecule has 1 heterocycles. The fourth-order valence-corrected chi connectivity index (χ4v) is 1.99. The van der Waals surface area contributed by atoms with Gasteiger partial charge < -0.3 is 15.2 Å². The SMILES string of the molecule is COC(=O)c1cncc(Nc2ccc(C(=O)O)cc2Br)n1. The minimum absolute atomic E-state index is 0.0702. The third-order valence-corrected chi connectivity index (χ3v) is 3.16. The number of halogens is 1. The van der Waals surface area contributed by atoms with Crippen LogP contribution in [-0.2, 0) is 4.74 Å². The van der Waals surface area contributed by atoms with Gasteiger partial charge in [0.05, 0.1) is 30.8 Å². The van der Waals surface area contributed by atoms with E-state index in [0.29, 0.717) is 16.0 Å². The molecule has 0 saturated heterocycles. The Morgan fingerprint density at radius 1 is 1.33 bits per heavy atom. The van der Waals surface area contributed by atoms with Gasteiger partial charge in [-0.1, -0.05) is 0 Å². The molecular formula is C13H10BrN3O4. The molecule has 0 unspecified atom stereocenters. The summed E-state index contributed by atoms with van der Waals surface area (Å²) >= 11 is 3.27. The maximum absolute atomic E-state index is 11.4. The van der Waals surface area contributed by atoms with Gasteiger partial charge in [0.2, 0.25) is 0 Å². The minimum Gasteiger partial charge on any atom is -0.478 e. The summed E-state index contributed by atoms with van der Waals surface area (Å²) < 4.78 is 5.11. The Hall–Kier alpha value is -2.48. The van der Waals surface area contributed by atoms with Crippen LogP contribution in [0.1, 0.15) is 20.8 Å². The monoisotopic (exact) mass is 351 g/mol. The number of carbonyl (C=O) groups is 2. The lowest BCUT2D eigenvalue weighted by Gasteiger charge is -2.09. The first kappa shape index (κ1) is 14.9. The Balaban J connectivity index is 2.26. The van der Waals surface area contributed by atoms with Crippen molar-refractivity contribution in [3.63, 3.8) is 0 Å². The maximum atomic E-state index is 11.4. The molecule has 1 aromatic carbocycles. The van der Waals surface area contributed by atoms with E-state index < -0.39 is 11.9 Å². The van der Waals surface area contributed by atoms with Gasteiger partial charge in [-0.25, -0.2) is 14.6 Å². The molecule has 0 amide bonds. The number of hydrogen-bond donors (Lipinski definition) is 2. The van der Waals surface area contributed by atoms with Crippen molar-refractivity contribution in [3.05, 3.63) is 46.3 Å². The van der Waals surface area contributed by atoms with E-state index in [9.17, 15) is 9.59 Å². The number of rotatable bonds is 4. The molecule has 2 aromatic rings. The highest BCUT2D eigenvalue weighted by molar-refractivity contribution is 9.10. The zero-order valence-electron chi connectivity index (χ0n) is 10.8. The van der Waals surface area contributed by atoms with Crippen molar-refractivity contribution in [2.75, 3.05) is 12.4 Å². The van der Waals surface area contributed by atoms with E-state index >= 15 is 0 Å². The normalized spacial score (nSPS) is 10.0.